The summed E-state index contributed by atoms with van der Waals surface area (Å²) in [7, 11) is 0. The number of para-hydroxylation sites is 1. The van der Waals surface area contributed by atoms with E-state index in [4.69, 9.17) is 0 Å². The fourth-order valence-electron chi connectivity index (χ4n) is 1.88. The average molecular weight is 258 g/mol. The molecular formula is C14H15FN4. The van der Waals surface area contributed by atoms with E-state index < -0.39 is 6.04 Å². The van der Waals surface area contributed by atoms with Gasteiger partial charge in [0.15, 0.2) is 6.04 Å². The van der Waals surface area contributed by atoms with Crippen molar-refractivity contribution in [3.8, 4) is 6.07 Å². The van der Waals surface area contributed by atoms with Crippen LogP contribution in [-0.2, 0) is 0 Å². The molecule has 0 saturated heterocycles. The van der Waals surface area contributed by atoms with Crippen LogP contribution >= 0.6 is 0 Å². The minimum Gasteiger partial charge on any atom is -0.363 e. The van der Waals surface area contributed by atoms with Crippen molar-refractivity contribution in [1.82, 2.24) is 9.55 Å². The van der Waals surface area contributed by atoms with Crippen LogP contribution in [-0.4, -0.2) is 9.55 Å². The summed E-state index contributed by atoms with van der Waals surface area (Å²) in [4.78, 5) is 4.05. The lowest BCUT2D eigenvalue weighted by Crippen LogP contribution is -2.15. The van der Waals surface area contributed by atoms with E-state index in [9.17, 15) is 9.65 Å². The molecule has 19 heavy (non-hydrogen) atoms. The topological polar surface area (TPSA) is 53.6 Å². The molecule has 98 valence electrons. The lowest BCUT2D eigenvalue weighted by Gasteiger charge is -2.17. The van der Waals surface area contributed by atoms with Crippen LogP contribution in [0.5, 0.6) is 0 Å². The standard InChI is InChI=1S/C14H15FN4/c1-10(2)19-9-17-8-14(19)13(7-16)18-12-6-4-3-5-11(12)15/h3-6,8-10,13,18H,1-2H3. The molecule has 0 amide bonds. The Morgan fingerprint density at radius 3 is 2.74 bits per heavy atom. The van der Waals surface area contributed by atoms with Crippen molar-refractivity contribution in [1.29, 1.82) is 5.26 Å². The maximum atomic E-state index is 13.6. The van der Waals surface area contributed by atoms with Crippen LogP contribution in [0.1, 0.15) is 31.6 Å². The van der Waals surface area contributed by atoms with Gasteiger partial charge < -0.3 is 9.88 Å². The van der Waals surface area contributed by atoms with E-state index in [0.29, 0.717) is 5.69 Å². The molecular weight excluding hydrogens is 243 g/mol. The van der Waals surface area contributed by atoms with Crippen LogP contribution in [0.15, 0.2) is 36.8 Å². The van der Waals surface area contributed by atoms with Gasteiger partial charge >= 0.3 is 0 Å². The zero-order valence-corrected chi connectivity index (χ0v) is 10.8. The maximum Gasteiger partial charge on any atom is 0.156 e. The van der Waals surface area contributed by atoms with Crippen molar-refractivity contribution in [2.24, 2.45) is 0 Å². The Balaban J connectivity index is 2.29. The number of hydrogen-bond acceptors (Lipinski definition) is 3. The summed E-state index contributed by atoms with van der Waals surface area (Å²) in [6.45, 7) is 4.01. The van der Waals surface area contributed by atoms with Crippen molar-refractivity contribution in [2.75, 3.05) is 5.32 Å². The Morgan fingerprint density at radius 2 is 2.11 bits per heavy atom. The SMILES string of the molecule is CC(C)n1cncc1C(C#N)Nc1ccccc1F. The molecule has 0 saturated carbocycles. The first kappa shape index (κ1) is 13.1. The summed E-state index contributed by atoms with van der Waals surface area (Å²) in [5.41, 5.74) is 1.03. The van der Waals surface area contributed by atoms with Crippen molar-refractivity contribution in [2.45, 2.75) is 25.9 Å². The Kier molecular flexibility index (Phi) is 3.81. The quantitative estimate of drug-likeness (QED) is 0.915. The van der Waals surface area contributed by atoms with E-state index >= 15 is 0 Å². The largest absolute Gasteiger partial charge is 0.363 e. The van der Waals surface area contributed by atoms with Crippen LogP contribution < -0.4 is 5.32 Å². The van der Waals surface area contributed by atoms with Crippen molar-refractivity contribution < 1.29 is 4.39 Å². The Hall–Kier alpha value is -2.35. The third-order valence-corrected chi connectivity index (χ3v) is 2.85. The molecule has 2 aromatic rings. The third-order valence-electron chi connectivity index (χ3n) is 2.85. The molecule has 0 aliphatic carbocycles. The fraction of sp³-hybridized carbons (Fsp3) is 0.286. The first-order chi connectivity index (χ1) is 9.13. The van der Waals surface area contributed by atoms with E-state index in [-0.39, 0.29) is 11.9 Å². The highest BCUT2D eigenvalue weighted by atomic mass is 19.1. The Labute approximate surface area is 111 Å². The number of anilines is 1. The second-order valence-electron chi connectivity index (χ2n) is 4.51. The average Bonchev–Trinajstić information content (AvgIpc) is 2.87. The highest BCUT2D eigenvalue weighted by molar-refractivity contribution is 5.47. The lowest BCUT2D eigenvalue weighted by atomic mass is 10.2. The number of halogens is 1. The van der Waals surface area contributed by atoms with E-state index in [1.807, 2.05) is 18.4 Å². The molecule has 1 aromatic carbocycles. The van der Waals surface area contributed by atoms with Gasteiger partial charge in [-0.1, -0.05) is 12.1 Å². The van der Waals surface area contributed by atoms with Gasteiger partial charge in [0.1, 0.15) is 5.82 Å². The summed E-state index contributed by atoms with van der Waals surface area (Å²) < 4.78 is 15.5. The van der Waals surface area contributed by atoms with Gasteiger partial charge in [-0.15, -0.1) is 0 Å². The van der Waals surface area contributed by atoms with E-state index in [1.54, 1.807) is 30.7 Å². The minimum atomic E-state index is -0.637. The van der Waals surface area contributed by atoms with Gasteiger partial charge in [0.05, 0.1) is 30.0 Å². The molecule has 1 atom stereocenters. The second-order valence-corrected chi connectivity index (χ2v) is 4.51. The van der Waals surface area contributed by atoms with Crippen molar-refractivity contribution in [3.05, 3.63) is 48.3 Å². The Bertz CT molecular complexity index is 597. The molecule has 0 aliphatic heterocycles. The van der Waals surface area contributed by atoms with Crippen molar-refractivity contribution >= 4 is 5.69 Å². The maximum absolute atomic E-state index is 13.6. The molecule has 1 unspecified atom stereocenters. The summed E-state index contributed by atoms with van der Waals surface area (Å²) >= 11 is 0. The number of aromatic nitrogens is 2. The van der Waals surface area contributed by atoms with Gasteiger partial charge in [0.2, 0.25) is 0 Å². The molecule has 0 spiro atoms. The molecule has 0 aliphatic rings. The summed E-state index contributed by atoms with van der Waals surface area (Å²) in [6, 6.07) is 7.99. The van der Waals surface area contributed by atoms with Crippen molar-refractivity contribution in [3.63, 3.8) is 0 Å². The Morgan fingerprint density at radius 1 is 1.37 bits per heavy atom. The zero-order valence-electron chi connectivity index (χ0n) is 10.8. The van der Waals surface area contributed by atoms with Crippen LogP contribution in [0.25, 0.3) is 0 Å². The molecule has 0 bridgehead atoms. The molecule has 1 N–H and O–H groups in total. The molecule has 1 aromatic heterocycles. The normalized spacial score (nSPS) is 12.2. The van der Waals surface area contributed by atoms with E-state index in [2.05, 4.69) is 16.4 Å². The molecule has 1 heterocycles. The first-order valence-corrected chi connectivity index (χ1v) is 6.06. The van der Waals surface area contributed by atoms with E-state index in [1.165, 1.54) is 6.07 Å². The molecule has 0 fully saturated rings. The van der Waals surface area contributed by atoms with E-state index in [0.717, 1.165) is 5.69 Å². The van der Waals surface area contributed by atoms with Gasteiger partial charge in [-0.3, -0.25) is 0 Å². The summed E-state index contributed by atoms with van der Waals surface area (Å²) in [5, 5.41) is 12.2. The highest BCUT2D eigenvalue weighted by Gasteiger charge is 2.17. The predicted molar refractivity (Wildman–Crippen MR) is 71.0 cm³/mol. The van der Waals surface area contributed by atoms with Crippen LogP contribution in [0.4, 0.5) is 10.1 Å². The van der Waals surface area contributed by atoms with Gasteiger partial charge in [0, 0.05) is 6.04 Å². The molecule has 5 heteroatoms. The number of hydrogen-bond donors (Lipinski definition) is 1. The zero-order chi connectivity index (χ0) is 13.8. The number of imidazole rings is 1. The third kappa shape index (κ3) is 2.74. The minimum absolute atomic E-state index is 0.191. The van der Waals surface area contributed by atoms with Crippen LogP contribution in [0, 0.1) is 17.1 Å². The first-order valence-electron chi connectivity index (χ1n) is 6.06. The van der Waals surface area contributed by atoms with Crippen LogP contribution in [0.3, 0.4) is 0 Å². The summed E-state index contributed by atoms with van der Waals surface area (Å²) in [5.74, 6) is -0.377. The number of rotatable bonds is 4. The van der Waals surface area contributed by atoms with Gasteiger partial charge in [-0.2, -0.15) is 5.26 Å². The van der Waals surface area contributed by atoms with Gasteiger partial charge in [-0.05, 0) is 26.0 Å². The molecule has 2 rings (SSSR count). The van der Waals surface area contributed by atoms with Crippen LogP contribution in [0.2, 0.25) is 0 Å². The van der Waals surface area contributed by atoms with Gasteiger partial charge in [0.25, 0.3) is 0 Å². The van der Waals surface area contributed by atoms with Gasteiger partial charge in [-0.25, -0.2) is 9.37 Å². The lowest BCUT2D eigenvalue weighted by molar-refractivity contribution is 0.568. The molecule has 0 radical (unpaired) electrons. The molecule has 4 nitrogen and oxygen atoms in total. The second kappa shape index (κ2) is 5.53. The predicted octanol–water partition coefficient (Wildman–Crippen LogP) is 3.28. The number of benzene rings is 1. The smallest absolute Gasteiger partial charge is 0.156 e. The number of nitrogens with zero attached hydrogens (tertiary/aromatic N) is 3. The highest BCUT2D eigenvalue weighted by Crippen LogP contribution is 2.23. The fourth-order valence-corrected chi connectivity index (χ4v) is 1.88. The number of nitriles is 1. The monoisotopic (exact) mass is 258 g/mol. The number of nitrogens with one attached hydrogen (secondary N) is 1. The summed E-state index contributed by atoms with van der Waals surface area (Å²) in [6.07, 6.45) is 3.30.